The van der Waals surface area contributed by atoms with Crippen molar-refractivity contribution in [3.63, 3.8) is 0 Å². The lowest BCUT2D eigenvalue weighted by Crippen LogP contribution is -2.34. The summed E-state index contributed by atoms with van der Waals surface area (Å²) in [6.07, 6.45) is 0. The van der Waals surface area contributed by atoms with Crippen molar-refractivity contribution in [1.82, 2.24) is 4.90 Å². The van der Waals surface area contributed by atoms with Crippen molar-refractivity contribution in [2.24, 2.45) is 0 Å². The van der Waals surface area contributed by atoms with Crippen LogP contribution in [0.4, 0.5) is 5.69 Å². The first kappa shape index (κ1) is 17.5. The van der Waals surface area contributed by atoms with Crippen LogP contribution < -0.4 is 14.8 Å². The standard InChI is InChI=1S/C20H24N2O2S/c1-4-22(20(25)21-17-7-5-6-14(2)15(17)3)13-16-8-9-18-19(12-16)24-11-10-23-18/h5-9,12H,4,10-11,13H2,1-3H3,(H,21,25). The Bertz CT molecular complexity index is 776. The van der Waals surface area contributed by atoms with E-state index in [1.807, 2.05) is 18.2 Å². The summed E-state index contributed by atoms with van der Waals surface area (Å²) >= 11 is 5.64. The van der Waals surface area contributed by atoms with Gasteiger partial charge in [-0.3, -0.25) is 0 Å². The van der Waals surface area contributed by atoms with E-state index in [-0.39, 0.29) is 0 Å². The second-order valence-electron chi connectivity index (χ2n) is 6.17. The third-order valence-corrected chi connectivity index (χ3v) is 4.86. The third-order valence-electron chi connectivity index (χ3n) is 4.50. The molecular formula is C20H24N2O2S. The highest BCUT2D eigenvalue weighted by Gasteiger charge is 2.15. The highest BCUT2D eigenvalue weighted by molar-refractivity contribution is 7.80. The molecule has 0 radical (unpaired) electrons. The van der Waals surface area contributed by atoms with Crippen LogP contribution in [0.25, 0.3) is 0 Å². The minimum atomic E-state index is 0.598. The maximum absolute atomic E-state index is 5.67. The average Bonchev–Trinajstić information content (AvgIpc) is 2.63. The number of ether oxygens (including phenoxy) is 2. The van der Waals surface area contributed by atoms with E-state index in [9.17, 15) is 0 Å². The van der Waals surface area contributed by atoms with Gasteiger partial charge in [0.15, 0.2) is 16.6 Å². The second kappa shape index (κ2) is 7.74. The normalized spacial score (nSPS) is 12.6. The van der Waals surface area contributed by atoms with Crippen LogP contribution in [0.2, 0.25) is 0 Å². The first-order chi connectivity index (χ1) is 12.1. The summed E-state index contributed by atoms with van der Waals surface area (Å²) in [5.41, 5.74) is 4.68. The molecule has 0 amide bonds. The summed E-state index contributed by atoms with van der Waals surface area (Å²) in [6, 6.07) is 12.3. The summed E-state index contributed by atoms with van der Waals surface area (Å²) in [5.74, 6) is 1.63. The number of hydrogen-bond acceptors (Lipinski definition) is 3. The van der Waals surface area contributed by atoms with Gasteiger partial charge in [0.1, 0.15) is 13.2 Å². The number of rotatable bonds is 4. The molecule has 25 heavy (non-hydrogen) atoms. The fraction of sp³-hybridized carbons (Fsp3) is 0.350. The van der Waals surface area contributed by atoms with Crippen LogP contribution in [0.3, 0.4) is 0 Å². The minimum absolute atomic E-state index is 0.598. The monoisotopic (exact) mass is 356 g/mol. The van der Waals surface area contributed by atoms with Gasteiger partial charge in [-0.25, -0.2) is 0 Å². The van der Waals surface area contributed by atoms with Crippen LogP contribution in [0.5, 0.6) is 11.5 Å². The molecule has 0 unspecified atom stereocenters. The number of aryl methyl sites for hydroxylation is 1. The molecule has 1 N–H and O–H groups in total. The van der Waals surface area contributed by atoms with E-state index < -0.39 is 0 Å². The van der Waals surface area contributed by atoms with E-state index in [0.717, 1.165) is 41.0 Å². The van der Waals surface area contributed by atoms with Crippen LogP contribution in [-0.4, -0.2) is 29.8 Å². The first-order valence-corrected chi connectivity index (χ1v) is 9.00. The molecule has 0 aliphatic carbocycles. The number of nitrogens with zero attached hydrogens (tertiary/aromatic N) is 1. The lowest BCUT2D eigenvalue weighted by atomic mass is 10.1. The molecule has 3 rings (SSSR count). The van der Waals surface area contributed by atoms with E-state index in [1.54, 1.807) is 0 Å². The molecule has 0 aromatic heterocycles. The Hall–Kier alpha value is -2.27. The zero-order valence-electron chi connectivity index (χ0n) is 15.0. The molecule has 0 saturated heterocycles. The first-order valence-electron chi connectivity index (χ1n) is 8.59. The summed E-state index contributed by atoms with van der Waals surface area (Å²) in [5, 5.41) is 4.11. The fourth-order valence-electron chi connectivity index (χ4n) is 2.81. The number of thiocarbonyl (C=S) groups is 1. The highest BCUT2D eigenvalue weighted by Crippen LogP contribution is 2.31. The molecule has 0 saturated carbocycles. The lowest BCUT2D eigenvalue weighted by Gasteiger charge is -2.26. The largest absolute Gasteiger partial charge is 0.486 e. The van der Waals surface area contributed by atoms with Gasteiger partial charge in [0.05, 0.1) is 0 Å². The van der Waals surface area contributed by atoms with Gasteiger partial charge < -0.3 is 19.7 Å². The third kappa shape index (κ3) is 4.04. The van der Waals surface area contributed by atoms with Crippen molar-refractivity contribution in [3.8, 4) is 11.5 Å². The maximum Gasteiger partial charge on any atom is 0.173 e. The second-order valence-corrected chi connectivity index (χ2v) is 6.56. The van der Waals surface area contributed by atoms with Crippen LogP contribution >= 0.6 is 12.2 Å². The van der Waals surface area contributed by atoms with Crippen LogP contribution in [0.15, 0.2) is 36.4 Å². The summed E-state index contributed by atoms with van der Waals surface area (Å²) < 4.78 is 11.3. The SMILES string of the molecule is CCN(Cc1ccc2c(c1)OCCO2)C(=S)Nc1cccc(C)c1C. The number of benzene rings is 2. The molecule has 1 aliphatic heterocycles. The van der Waals surface area contributed by atoms with E-state index >= 15 is 0 Å². The molecule has 2 aromatic rings. The smallest absolute Gasteiger partial charge is 0.173 e. The molecule has 2 aromatic carbocycles. The fourth-order valence-corrected chi connectivity index (χ4v) is 3.12. The van der Waals surface area contributed by atoms with E-state index in [2.05, 4.69) is 49.2 Å². The Balaban J connectivity index is 1.71. The summed E-state index contributed by atoms with van der Waals surface area (Å²) in [6.45, 7) is 9.08. The Morgan fingerprint density at radius 3 is 2.64 bits per heavy atom. The molecule has 0 atom stereocenters. The van der Waals surface area contributed by atoms with Crippen LogP contribution in [0.1, 0.15) is 23.6 Å². The maximum atomic E-state index is 5.67. The Kier molecular flexibility index (Phi) is 5.43. The van der Waals surface area contributed by atoms with Crippen molar-refractivity contribution >= 4 is 23.0 Å². The van der Waals surface area contributed by atoms with Gasteiger partial charge in [0.25, 0.3) is 0 Å². The van der Waals surface area contributed by atoms with Crippen molar-refractivity contribution < 1.29 is 9.47 Å². The Morgan fingerprint density at radius 1 is 1.12 bits per heavy atom. The molecule has 132 valence electrons. The van der Waals surface area contributed by atoms with Gasteiger partial charge in [0.2, 0.25) is 0 Å². The number of anilines is 1. The van der Waals surface area contributed by atoms with E-state index in [0.29, 0.717) is 13.2 Å². The highest BCUT2D eigenvalue weighted by atomic mass is 32.1. The molecule has 1 heterocycles. The molecule has 1 aliphatic rings. The molecule has 0 spiro atoms. The molecular weight excluding hydrogens is 332 g/mol. The topological polar surface area (TPSA) is 33.7 Å². The molecule has 5 heteroatoms. The lowest BCUT2D eigenvalue weighted by molar-refractivity contribution is 0.171. The van der Waals surface area contributed by atoms with Gasteiger partial charge in [-0.2, -0.15) is 0 Å². The zero-order valence-corrected chi connectivity index (χ0v) is 15.8. The molecule has 0 fully saturated rings. The van der Waals surface area contributed by atoms with E-state index in [1.165, 1.54) is 11.1 Å². The van der Waals surface area contributed by atoms with E-state index in [4.69, 9.17) is 21.7 Å². The van der Waals surface area contributed by atoms with Gasteiger partial charge >= 0.3 is 0 Å². The predicted molar refractivity (Wildman–Crippen MR) is 106 cm³/mol. The number of nitrogens with one attached hydrogen (secondary N) is 1. The van der Waals surface area contributed by atoms with Gasteiger partial charge in [-0.05, 0) is 67.9 Å². The number of fused-ring (bicyclic) bond motifs is 1. The van der Waals surface area contributed by atoms with Crippen molar-refractivity contribution in [3.05, 3.63) is 53.1 Å². The van der Waals surface area contributed by atoms with Crippen LogP contribution in [0, 0.1) is 13.8 Å². The van der Waals surface area contributed by atoms with Crippen molar-refractivity contribution in [2.75, 3.05) is 25.1 Å². The Labute approximate surface area is 154 Å². The van der Waals surface area contributed by atoms with Gasteiger partial charge in [-0.1, -0.05) is 18.2 Å². The van der Waals surface area contributed by atoms with Crippen LogP contribution in [-0.2, 0) is 6.54 Å². The van der Waals surface area contributed by atoms with Gasteiger partial charge in [0, 0.05) is 18.8 Å². The Morgan fingerprint density at radius 2 is 1.88 bits per heavy atom. The quantitative estimate of drug-likeness (QED) is 0.827. The van der Waals surface area contributed by atoms with Gasteiger partial charge in [-0.15, -0.1) is 0 Å². The summed E-state index contributed by atoms with van der Waals surface area (Å²) in [4.78, 5) is 2.14. The van der Waals surface area contributed by atoms with Crippen molar-refractivity contribution in [1.29, 1.82) is 0 Å². The predicted octanol–water partition coefficient (Wildman–Crippen LogP) is 4.29. The summed E-state index contributed by atoms with van der Waals surface area (Å²) in [7, 11) is 0. The number of hydrogen-bond donors (Lipinski definition) is 1. The molecule has 4 nitrogen and oxygen atoms in total. The van der Waals surface area contributed by atoms with Crippen molar-refractivity contribution in [2.45, 2.75) is 27.3 Å². The zero-order chi connectivity index (χ0) is 17.8. The minimum Gasteiger partial charge on any atom is -0.486 e. The molecule has 0 bridgehead atoms. The average molecular weight is 356 g/mol.